The number of nitrogens with one attached hydrogen (secondary N) is 2. The van der Waals surface area contributed by atoms with Gasteiger partial charge in [-0.3, -0.25) is 4.68 Å². The molecule has 22 heavy (non-hydrogen) atoms. The molecule has 0 saturated carbocycles. The van der Waals surface area contributed by atoms with Crippen LogP contribution in [0.15, 0.2) is 28.9 Å². The summed E-state index contributed by atoms with van der Waals surface area (Å²) in [5.74, 6) is 1.38. The Bertz CT molecular complexity index is 655. The number of benzene rings is 1. The molecule has 0 atom stereocenters. The number of hydrogen-bond donors (Lipinski definition) is 2. The molecule has 0 bridgehead atoms. The molecule has 0 unspecified atom stereocenters. The van der Waals surface area contributed by atoms with Crippen LogP contribution in [0.2, 0.25) is 0 Å². The normalized spacial score (nSPS) is 10.2. The summed E-state index contributed by atoms with van der Waals surface area (Å²) in [4.78, 5) is 0. The fourth-order valence-electron chi connectivity index (χ4n) is 1.87. The van der Waals surface area contributed by atoms with Crippen molar-refractivity contribution in [3.05, 3.63) is 34.6 Å². The van der Waals surface area contributed by atoms with E-state index < -0.39 is 0 Å². The van der Waals surface area contributed by atoms with Crippen molar-refractivity contribution in [2.24, 2.45) is 7.05 Å². The van der Waals surface area contributed by atoms with E-state index >= 15 is 0 Å². The first-order chi connectivity index (χ1) is 10.5. The molecule has 0 aliphatic carbocycles. The van der Waals surface area contributed by atoms with Gasteiger partial charge in [-0.05, 0) is 40.3 Å². The van der Waals surface area contributed by atoms with Gasteiger partial charge in [-0.2, -0.15) is 5.10 Å². The van der Waals surface area contributed by atoms with Gasteiger partial charge in [-0.15, -0.1) is 0 Å². The van der Waals surface area contributed by atoms with E-state index in [2.05, 4.69) is 31.7 Å². The number of aromatic nitrogens is 2. The number of anilines is 1. The minimum absolute atomic E-state index is 0.497. The quantitative estimate of drug-likeness (QED) is 0.772. The van der Waals surface area contributed by atoms with Crippen molar-refractivity contribution < 1.29 is 9.47 Å². The Hall–Kier alpha value is -1.80. The van der Waals surface area contributed by atoms with Crippen LogP contribution in [-0.4, -0.2) is 29.1 Å². The van der Waals surface area contributed by atoms with Crippen molar-refractivity contribution in [3.8, 4) is 11.5 Å². The lowest BCUT2D eigenvalue weighted by Crippen LogP contribution is -2.29. The number of methoxy groups -OCH3 is 2. The number of ether oxygens (including phenoxy) is 2. The van der Waals surface area contributed by atoms with E-state index in [9.17, 15) is 0 Å². The van der Waals surface area contributed by atoms with Crippen molar-refractivity contribution in [1.82, 2.24) is 15.1 Å². The van der Waals surface area contributed by atoms with Gasteiger partial charge in [0.05, 0.1) is 42.8 Å². The maximum Gasteiger partial charge on any atom is 0.171 e. The lowest BCUT2D eigenvalue weighted by atomic mass is 10.2. The minimum Gasteiger partial charge on any atom is -0.497 e. The molecule has 0 amide bonds. The zero-order chi connectivity index (χ0) is 16.1. The van der Waals surface area contributed by atoms with E-state index in [1.807, 2.05) is 19.2 Å². The minimum atomic E-state index is 0.497. The zero-order valence-corrected chi connectivity index (χ0v) is 14.9. The highest BCUT2D eigenvalue weighted by Crippen LogP contribution is 2.28. The summed E-state index contributed by atoms with van der Waals surface area (Å²) in [5.41, 5.74) is 1.77. The molecule has 1 heterocycles. The summed E-state index contributed by atoms with van der Waals surface area (Å²) >= 11 is 8.76. The highest BCUT2D eigenvalue weighted by molar-refractivity contribution is 9.10. The van der Waals surface area contributed by atoms with Gasteiger partial charge < -0.3 is 20.1 Å². The summed E-state index contributed by atoms with van der Waals surface area (Å²) in [6.45, 7) is 0.557. The van der Waals surface area contributed by atoms with Crippen molar-refractivity contribution in [2.75, 3.05) is 19.5 Å². The van der Waals surface area contributed by atoms with Crippen LogP contribution in [0.25, 0.3) is 0 Å². The molecule has 0 aliphatic heterocycles. The highest BCUT2D eigenvalue weighted by Gasteiger charge is 2.09. The van der Waals surface area contributed by atoms with E-state index in [0.29, 0.717) is 17.4 Å². The van der Waals surface area contributed by atoms with Crippen LogP contribution in [0.1, 0.15) is 5.69 Å². The molecule has 0 aliphatic rings. The maximum absolute atomic E-state index is 5.33. The summed E-state index contributed by atoms with van der Waals surface area (Å²) in [7, 11) is 5.09. The number of halogens is 1. The first-order valence-corrected chi connectivity index (χ1v) is 7.68. The molecule has 0 radical (unpaired) electrons. The second kappa shape index (κ2) is 7.46. The average Bonchev–Trinajstić information content (AvgIpc) is 2.84. The molecule has 118 valence electrons. The van der Waals surface area contributed by atoms with Gasteiger partial charge in [0.15, 0.2) is 5.11 Å². The van der Waals surface area contributed by atoms with Crippen molar-refractivity contribution >= 4 is 38.9 Å². The zero-order valence-electron chi connectivity index (χ0n) is 12.5. The van der Waals surface area contributed by atoms with Gasteiger partial charge >= 0.3 is 0 Å². The molecular weight excluding hydrogens is 368 g/mol. The van der Waals surface area contributed by atoms with Crippen molar-refractivity contribution in [3.63, 3.8) is 0 Å². The fourth-order valence-corrected chi connectivity index (χ4v) is 2.54. The maximum atomic E-state index is 5.33. The Morgan fingerprint density at radius 1 is 1.36 bits per heavy atom. The number of thiocarbonyl (C=S) groups is 1. The van der Waals surface area contributed by atoms with E-state index in [1.165, 1.54) is 0 Å². The Kier molecular flexibility index (Phi) is 5.62. The third-order valence-corrected chi connectivity index (χ3v) is 3.99. The van der Waals surface area contributed by atoms with Crippen LogP contribution in [0.4, 0.5) is 5.69 Å². The molecule has 0 spiro atoms. The lowest BCUT2D eigenvalue weighted by molar-refractivity contribution is 0.395. The summed E-state index contributed by atoms with van der Waals surface area (Å²) in [6.07, 6.45) is 1.75. The molecule has 8 heteroatoms. The Morgan fingerprint density at radius 3 is 2.73 bits per heavy atom. The van der Waals surface area contributed by atoms with Crippen LogP contribution in [0, 0.1) is 0 Å². The third kappa shape index (κ3) is 3.89. The van der Waals surface area contributed by atoms with Gasteiger partial charge in [-0.1, -0.05) is 0 Å². The number of hydrogen-bond acceptors (Lipinski definition) is 4. The van der Waals surface area contributed by atoms with Crippen molar-refractivity contribution in [2.45, 2.75) is 6.54 Å². The summed E-state index contributed by atoms with van der Waals surface area (Å²) in [5, 5.41) is 10.9. The first kappa shape index (κ1) is 16.6. The average molecular weight is 385 g/mol. The van der Waals surface area contributed by atoms with Gasteiger partial charge in [-0.25, -0.2) is 0 Å². The molecule has 6 nitrogen and oxygen atoms in total. The number of nitrogens with zero attached hydrogens (tertiary/aromatic N) is 2. The first-order valence-electron chi connectivity index (χ1n) is 6.48. The van der Waals surface area contributed by atoms with E-state index in [-0.39, 0.29) is 0 Å². The summed E-state index contributed by atoms with van der Waals surface area (Å²) in [6, 6.07) is 5.49. The van der Waals surface area contributed by atoms with Crippen LogP contribution >= 0.6 is 28.1 Å². The van der Waals surface area contributed by atoms with Crippen LogP contribution in [0.5, 0.6) is 11.5 Å². The molecule has 1 aromatic carbocycles. The third-order valence-electron chi connectivity index (χ3n) is 3.08. The Balaban J connectivity index is 2.00. The standard InChI is InChI=1S/C14H17BrN4O2S/c1-19-12(10(15)7-17-19)8-16-14(22)18-11-5-4-9(20-2)6-13(11)21-3/h4-7H,8H2,1-3H3,(H2,16,18,22). The lowest BCUT2D eigenvalue weighted by Gasteiger charge is -2.14. The van der Waals surface area contributed by atoms with Gasteiger partial charge in [0.25, 0.3) is 0 Å². The molecule has 0 saturated heterocycles. The van der Waals surface area contributed by atoms with Gasteiger partial charge in [0, 0.05) is 13.1 Å². The Labute approximate surface area is 142 Å². The van der Waals surface area contributed by atoms with E-state index in [1.54, 1.807) is 31.2 Å². The second-order valence-electron chi connectivity index (χ2n) is 4.44. The van der Waals surface area contributed by atoms with Crippen LogP contribution in [0.3, 0.4) is 0 Å². The Morgan fingerprint density at radius 2 is 2.14 bits per heavy atom. The van der Waals surface area contributed by atoms with E-state index in [0.717, 1.165) is 21.6 Å². The SMILES string of the molecule is COc1ccc(NC(=S)NCc2c(Br)cnn2C)c(OC)c1. The molecule has 1 aromatic heterocycles. The van der Waals surface area contributed by atoms with E-state index in [4.69, 9.17) is 21.7 Å². The molecule has 2 rings (SSSR count). The van der Waals surface area contributed by atoms with Crippen molar-refractivity contribution in [1.29, 1.82) is 0 Å². The number of aryl methyl sites for hydroxylation is 1. The molecule has 2 N–H and O–H groups in total. The smallest absolute Gasteiger partial charge is 0.171 e. The predicted octanol–water partition coefficient (Wildman–Crippen LogP) is 2.69. The molecular formula is C14H17BrN4O2S. The highest BCUT2D eigenvalue weighted by atomic mass is 79.9. The number of rotatable bonds is 5. The molecule has 0 fully saturated rings. The summed E-state index contributed by atoms with van der Waals surface area (Å²) < 4.78 is 13.2. The van der Waals surface area contributed by atoms with Crippen LogP contribution < -0.4 is 20.1 Å². The van der Waals surface area contributed by atoms with Gasteiger partial charge in [0.1, 0.15) is 11.5 Å². The predicted molar refractivity (Wildman–Crippen MR) is 93.5 cm³/mol. The second-order valence-corrected chi connectivity index (χ2v) is 5.70. The largest absolute Gasteiger partial charge is 0.497 e. The van der Waals surface area contributed by atoms with Gasteiger partial charge in [0.2, 0.25) is 0 Å². The van der Waals surface area contributed by atoms with Crippen LogP contribution in [-0.2, 0) is 13.6 Å². The fraction of sp³-hybridized carbons (Fsp3) is 0.286. The monoisotopic (exact) mass is 384 g/mol. The molecule has 2 aromatic rings. The topological polar surface area (TPSA) is 60.3 Å².